The Labute approximate surface area is 100 Å². The standard InChI is InChI=1S/C14H14N2O/c1-2-13(16-17)11-6-8-12(9-7-11)14-5-3-4-10-15-14/h3-10,17H,2H2,1H3/b16-13+. The van der Waals surface area contributed by atoms with Gasteiger partial charge in [-0.1, -0.05) is 42.4 Å². The molecule has 0 bridgehead atoms. The molecule has 2 aromatic rings. The smallest absolute Gasteiger partial charge is 0.0865 e. The maximum Gasteiger partial charge on any atom is 0.0865 e. The fraction of sp³-hybridized carbons (Fsp3) is 0.143. The van der Waals surface area contributed by atoms with Crippen LogP contribution in [-0.4, -0.2) is 15.9 Å². The van der Waals surface area contributed by atoms with E-state index >= 15 is 0 Å². The third kappa shape index (κ3) is 2.50. The van der Waals surface area contributed by atoms with Gasteiger partial charge in [-0.2, -0.15) is 0 Å². The van der Waals surface area contributed by atoms with Crippen LogP contribution in [-0.2, 0) is 0 Å². The lowest BCUT2D eigenvalue weighted by atomic mass is 10.0. The first-order valence-electron chi connectivity index (χ1n) is 5.58. The fourth-order valence-electron chi connectivity index (χ4n) is 1.70. The first-order valence-corrected chi connectivity index (χ1v) is 5.58. The van der Waals surface area contributed by atoms with E-state index < -0.39 is 0 Å². The summed E-state index contributed by atoms with van der Waals surface area (Å²) in [6.45, 7) is 1.96. The van der Waals surface area contributed by atoms with Gasteiger partial charge < -0.3 is 5.21 Å². The Bertz CT molecular complexity index is 504. The van der Waals surface area contributed by atoms with Gasteiger partial charge in [0.15, 0.2) is 0 Å². The van der Waals surface area contributed by atoms with E-state index in [-0.39, 0.29) is 0 Å². The molecule has 0 aliphatic rings. The lowest BCUT2D eigenvalue weighted by Gasteiger charge is -2.04. The summed E-state index contributed by atoms with van der Waals surface area (Å²) in [6, 6.07) is 13.7. The van der Waals surface area contributed by atoms with Gasteiger partial charge in [-0.3, -0.25) is 4.98 Å². The molecule has 0 aliphatic carbocycles. The molecular formula is C14H14N2O. The van der Waals surface area contributed by atoms with Crippen molar-refractivity contribution < 1.29 is 5.21 Å². The molecule has 3 nitrogen and oxygen atoms in total. The van der Waals surface area contributed by atoms with E-state index in [0.29, 0.717) is 12.1 Å². The molecule has 1 heterocycles. The van der Waals surface area contributed by atoms with Crippen LogP contribution in [0.1, 0.15) is 18.9 Å². The van der Waals surface area contributed by atoms with Crippen LogP contribution >= 0.6 is 0 Å². The molecule has 0 saturated carbocycles. The molecule has 0 amide bonds. The summed E-state index contributed by atoms with van der Waals surface area (Å²) in [7, 11) is 0. The van der Waals surface area contributed by atoms with Gasteiger partial charge in [-0.05, 0) is 24.1 Å². The van der Waals surface area contributed by atoms with Gasteiger partial charge in [0.05, 0.1) is 11.4 Å². The molecule has 86 valence electrons. The molecule has 1 aromatic heterocycles. The summed E-state index contributed by atoms with van der Waals surface area (Å²) in [6.07, 6.45) is 2.48. The highest BCUT2D eigenvalue weighted by Crippen LogP contribution is 2.17. The van der Waals surface area contributed by atoms with Crippen LogP contribution in [0.15, 0.2) is 53.8 Å². The second-order valence-electron chi connectivity index (χ2n) is 3.69. The Hall–Kier alpha value is -2.16. The topological polar surface area (TPSA) is 45.5 Å². The summed E-state index contributed by atoms with van der Waals surface area (Å²) in [5, 5.41) is 12.1. The van der Waals surface area contributed by atoms with Crippen LogP contribution in [0.3, 0.4) is 0 Å². The minimum absolute atomic E-state index is 0.692. The van der Waals surface area contributed by atoms with Crippen molar-refractivity contribution in [2.75, 3.05) is 0 Å². The van der Waals surface area contributed by atoms with Gasteiger partial charge in [-0.15, -0.1) is 0 Å². The van der Waals surface area contributed by atoms with E-state index in [9.17, 15) is 0 Å². The quantitative estimate of drug-likeness (QED) is 0.495. The number of hydrogen-bond donors (Lipinski definition) is 1. The lowest BCUT2D eigenvalue weighted by molar-refractivity contribution is 0.318. The van der Waals surface area contributed by atoms with Gasteiger partial charge in [0.1, 0.15) is 0 Å². The average molecular weight is 226 g/mol. The van der Waals surface area contributed by atoms with E-state index in [2.05, 4.69) is 10.1 Å². The Morgan fingerprint density at radius 2 is 1.94 bits per heavy atom. The van der Waals surface area contributed by atoms with Crippen molar-refractivity contribution in [3.63, 3.8) is 0 Å². The number of aromatic nitrogens is 1. The van der Waals surface area contributed by atoms with Gasteiger partial charge in [0.2, 0.25) is 0 Å². The van der Waals surface area contributed by atoms with Crippen molar-refractivity contribution in [3.8, 4) is 11.3 Å². The number of hydrogen-bond acceptors (Lipinski definition) is 3. The minimum Gasteiger partial charge on any atom is -0.411 e. The average Bonchev–Trinajstić information content (AvgIpc) is 2.42. The van der Waals surface area contributed by atoms with Crippen LogP contribution in [0.5, 0.6) is 0 Å². The molecular weight excluding hydrogens is 212 g/mol. The molecule has 0 aliphatic heterocycles. The van der Waals surface area contributed by atoms with E-state index in [4.69, 9.17) is 5.21 Å². The molecule has 0 atom stereocenters. The third-order valence-corrected chi connectivity index (χ3v) is 2.63. The van der Waals surface area contributed by atoms with Crippen LogP contribution in [0.4, 0.5) is 0 Å². The largest absolute Gasteiger partial charge is 0.411 e. The van der Waals surface area contributed by atoms with Gasteiger partial charge in [-0.25, -0.2) is 0 Å². The highest BCUT2D eigenvalue weighted by atomic mass is 16.4. The Morgan fingerprint density at radius 3 is 2.47 bits per heavy atom. The third-order valence-electron chi connectivity index (χ3n) is 2.63. The van der Waals surface area contributed by atoms with E-state index in [1.807, 2.05) is 49.4 Å². The van der Waals surface area contributed by atoms with Crippen molar-refractivity contribution in [2.45, 2.75) is 13.3 Å². The summed E-state index contributed by atoms with van der Waals surface area (Å²) >= 11 is 0. The molecule has 1 N–H and O–H groups in total. The van der Waals surface area contributed by atoms with Crippen molar-refractivity contribution >= 4 is 5.71 Å². The normalized spacial score (nSPS) is 11.5. The predicted octanol–water partition coefficient (Wildman–Crippen LogP) is 3.34. The molecule has 0 spiro atoms. The Balaban J connectivity index is 2.31. The van der Waals surface area contributed by atoms with Crippen LogP contribution < -0.4 is 0 Å². The molecule has 0 unspecified atom stereocenters. The number of nitrogens with zero attached hydrogens (tertiary/aromatic N) is 2. The monoisotopic (exact) mass is 226 g/mol. The van der Waals surface area contributed by atoms with Crippen LogP contribution in [0.2, 0.25) is 0 Å². The van der Waals surface area contributed by atoms with Crippen LogP contribution in [0.25, 0.3) is 11.3 Å². The highest BCUT2D eigenvalue weighted by Gasteiger charge is 2.03. The van der Waals surface area contributed by atoms with Crippen LogP contribution in [0, 0.1) is 0 Å². The molecule has 1 aromatic carbocycles. The Morgan fingerprint density at radius 1 is 1.18 bits per heavy atom. The Kier molecular flexibility index (Phi) is 3.50. The van der Waals surface area contributed by atoms with E-state index in [0.717, 1.165) is 16.8 Å². The predicted molar refractivity (Wildman–Crippen MR) is 68.3 cm³/mol. The highest BCUT2D eigenvalue weighted by molar-refractivity contribution is 6.00. The first kappa shape index (κ1) is 11.3. The maximum atomic E-state index is 8.84. The summed E-state index contributed by atoms with van der Waals surface area (Å²) in [5.74, 6) is 0. The zero-order valence-corrected chi connectivity index (χ0v) is 9.67. The number of benzene rings is 1. The van der Waals surface area contributed by atoms with Gasteiger partial charge >= 0.3 is 0 Å². The first-order chi connectivity index (χ1) is 8.35. The lowest BCUT2D eigenvalue weighted by Crippen LogP contribution is -1.98. The number of oxime groups is 1. The SMILES string of the molecule is CC/C(=N\O)c1ccc(-c2ccccn2)cc1. The molecule has 3 heteroatoms. The summed E-state index contributed by atoms with van der Waals surface area (Å²) in [5.41, 5.74) is 3.63. The fourth-order valence-corrected chi connectivity index (χ4v) is 1.70. The van der Waals surface area contributed by atoms with Crippen molar-refractivity contribution in [2.24, 2.45) is 5.16 Å². The zero-order chi connectivity index (χ0) is 12.1. The maximum absolute atomic E-state index is 8.84. The number of pyridine rings is 1. The molecule has 0 fully saturated rings. The van der Waals surface area contributed by atoms with Crippen molar-refractivity contribution in [1.29, 1.82) is 0 Å². The van der Waals surface area contributed by atoms with Gasteiger partial charge in [0, 0.05) is 11.8 Å². The number of rotatable bonds is 3. The molecule has 2 rings (SSSR count). The van der Waals surface area contributed by atoms with E-state index in [1.54, 1.807) is 6.20 Å². The second-order valence-corrected chi connectivity index (χ2v) is 3.69. The second kappa shape index (κ2) is 5.25. The zero-order valence-electron chi connectivity index (χ0n) is 9.67. The van der Waals surface area contributed by atoms with Crippen molar-refractivity contribution in [3.05, 3.63) is 54.2 Å². The van der Waals surface area contributed by atoms with Gasteiger partial charge in [0.25, 0.3) is 0 Å². The summed E-state index contributed by atoms with van der Waals surface area (Å²) in [4.78, 5) is 4.28. The molecule has 17 heavy (non-hydrogen) atoms. The summed E-state index contributed by atoms with van der Waals surface area (Å²) < 4.78 is 0. The minimum atomic E-state index is 0.692. The van der Waals surface area contributed by atoms with E-state index in [1.165, 1.54) is 0 Å². The molecule has 0 saturated heterocycles. The molecule has 0 radical (unpaired) electrons. The van der Waals surface area contributed by atoms with Crippen molar-refractivity contribution in [1.82, 2.24) is 4.98 Å².